The second-order valence-electron chi connectivity index (χ2n) is 8.90. The maximum absolute atomic E-state index is 13.0. The molecule has 1 N–H and O–H groups in total. The number of aromatic nitrogens is 1. The predicted molar refractivity (Wildman–Crippen MR) is 127 cm³/mol. The Kier molecular flexibility index (Phi) is 5.36. The fourth-order valence-electron chi connectivity index (χ4n) is 5.19. The van der Waals surface area contributed by atoms with Crippen LogP contribution >= 0.6 is 0 Å². The molecule has 2 aliphatic heterocycles. The van der Waals surface area contributed by atoms with Gasteiger partial charge in [0.25, 0.3) is 5.91 Å². The van der Waals surface area contributed by atoms with Crippen LogP contribution in [0.4, 0.5) is 11.5 Å². The SMILES string of the molecule is Cc1nc(N2CCC(N3CCCC3C)C2)ccc1NC(=O)c1cccc2ccccc12. The molecule has 0 saturated carbocycles. The van der Waals surface area contributed by atoms with E-state index in [0.717, 1.165) is 41.1 Å². The van der Waals surface area contributed by atoms with E-state index in [0.29, 0.717) is 17.6 Å². The summed E-state index contributed by atoms with van der Waals surface area (Å²) in [5, 5.41) is 5.10. The number of carbonyl (C=O) groups excluding carboxylic acids is 1. The Hall–Kier alpha value is -2.92. The van der Waals surface area contributed by atoms with Crippen molar-refractivity contribution in [3.05, 3.63) is 65.9 Å². The molecule has 2 unspecified atom stereocenters. The van der Waals surface area contributed by atoms with Crippen molar-refractivity contribution in [2.45, 2.75) is 45.2 Å². The highest BCUT2D eigenvalue weighted by Crippen LogP contribution is 2.29. The van der Waals surface area contributed by atoms with Crippen molar-refractivity contribution in [1.82, 2.24) is 9.88 Å². The molecule has 2 aliphatic rings. The molecule has 1 aromatic heterocycles. The van der Waals surface area contributed by atoms with Gasteiger partial charge >= 0.3 is 0 Å². The molecule has 0 spiro atoms. The zero-order chi connectivity index (χ0) is 21.4. The summed E-state index contributed by atoms with van der Waals surface area (Å²) in [5.41, 5.74) is 2.30. The Balaban J connectivity index is 1.30. The van der Waals surface area contributed by atoms with Gasteiger partial charge in [-0.15, -0.1) is 0 Å². The van der Waals surface area contributed by atoms with Gasteiger partial charge in [-0.05, 0) is 68.6 Å². The summed E-state index contributed by atoms with van der Waals surface area (Å²) >= 11 is 0. The zero-order valence-corrected chi connectivity index (χ0v) is 18.3. The first-order chi connectivity index (χ1) is 15.1. The van der Waals surface area contributed by atoms with Crippen LogP contribution in [0.25, 0.3) is 10.8 Å². The number of aryl methyl sites for hydroxylation is 1. The van der Waals surface area contributed by atoms with Gasteiger partial charge in [0.15, 0.2) is 0 Å². The lowest BCUT2D eigenvalue weighted by molar-refractivity contribution is 0.102. The molecule has 2 fully saturated rings. The number of amides is 1. The van der Waals surface area contributed by atoms with Crippen molar-refractivity contribution in [2.24, 2.45) is 0 Å². The predicted octanol–water partition coefficient (Wildman–Crippen LogP) is 4.86. The minimum Gasteiger partial charge on any atom is -0.355 e. The standard InChI is InChI=1S/C26H30N4O/c1-18-7-6-15-30(18)21-14-16-29(17-21)25-13-12-24(19(2)27-25)28-26(31)23-11-5-9-20-8-3-4-10-22(20)23/h3-5,8-13,18,21H,6-7,14-17H2,1-2H3,(H,28,31). The van der Waals surface area contributed by atoms with Gasteiger partial charge in [0.05, 0.1) is 11.4 Å². The van der Waals surface area contributed by atoms with Gasteiger partial charge in [0.2, 0.25) is 0 Å². The van der Waals surface area contributed by atoms with Gasteiger partial charge in [-0.1, -0.05) is 36.4 Å². The second kappa shape index (κ2) is 8.31. The maximum Gasteiger partial charge on any atom is 0.256 e. The first-order valence-electron chi connectivity index (χ1n) is 11.4. The monoisotopic (exact) mass is 414 g/mol. The lowest BCUT2D eigenvalue weighted by atomic mass is 10.0. The van der Waals surface area contributed by atoms with E-state index < -0.39 is 0 Å². The molecule has 2 saturated heterocycles. The van der Waals surface area contributed by atoms with Crippen LogP contribution in [0.1, 0.15) is 42.2 Å². The van der Waals surface area contributed by atoms with Gasteiger partial charge in [-0.2, -0.15) is 0 Å². The normalized spacial score (nSPS) is 21.7. The highest BCUT2D eigenvalue weighted by Gasteiger charge is 2.33. The maximum atomic E-state index is 13.0. The lowest BCUT2D eigenvalue weighted by Crippen LogP contribution is -2.39. The summed E-state index contributed by atoms with van der Waals surface area (Å²) in [6.07, 6.45) is 3.84. The van der Waals surface area contributed by atoms with E-state index in [1.54, 1.807) is 0 Å². The molecule has 160 valence electrons. The first kappa shape index (κ1) is 20.0. The van der Waals surface area contributed by atoms with E-state index in [9.17, 15) is 4.79 Å². The van der Waals surface area contributed by atoms with Crippen LogP contribution < -0.4 is 10.2 Å². The summed E-state index contributed by atoms with van der Waals surface area (Å²) in [6.45, 7) is 7.63. The van der Waals surface area contributed by atoms with Gasteiger partial charge in [-0.25, -0.2) is 4.98 Å². The van der Waals surface area contributed by atoms with Crippen molar-refractivity contribution in [2.75, 3.05) is 29.9 Å². The minimum absolute atomic E-state index is 0.0984. The molecule has 1 amide bonds. The molecule has 31 heavy (non-hydrogen) atoms. The van der Waals surface area contributed by atoms with Gasteiger partial charge in [0, 0.05) is 30.7 Å². The Morgan fingerprint density at radius 3 is 2.68 bits per heavy atom. The van der Waals surface area contributed by atoms with Crippen LogP contribution in [-0.2, 0) is 0 Å². The number of fused-ring (bicyclic) bond motifs is 1. The fourth-order valence-corrected chi connectivity index (χ4v) is 5.19. The summed E-state index contributed by atoms with van der Waals surface area (Å²) in [7, 11) is 0. The van der Waals surface area contributed by atoms with Crippen LogP contribution in [-0.4, -0.2) is 47.5 Å². The van der Waals surface area contributed by atoms with Gasteiger partial charge < -0.3 is 10.2 Å². The van der Waals surface area contributed by atoms with Crippen molar-refractivity contribution >= 4 is 28.2 Å². The van der Waals surface area contributed by atoms with E-state index in [2.05, 4.69) is 22.0 Å². The Labute approximate surface area is 184 Å². The summed E-state index contributed by atoms with van der Waals surface area (Å²) in [5.74, 6) is 0.911. The average molecular weight is 415 g/mol. The number of carbonyl (C=O) groups is 1. The summed E-state index contributed by atoms with van der Waals surface area (Å²) in [4.78, 5) is 22.9. The summed E-state index contributed by atoms with van der Waals surface area (Å²) < 4.78 is 0. The Morgan fingerprint density at radius 2 is 1.87 bits per heavy atom. The third-order valence-corrected chi connectivity index (χ3v) is 6.91. The number of hydrogen-bond acceptors (Lipinski definition) is 4. The van der Waals surface area contributed by atoms with Crippen molar-refractivity contribution < 1.29 is 4.79 Å². The smallest absolute Gasteiger partial charge is 0.256 e. The summed E-state index contributed by atoms with van der Waals surface area (Å²) in [6, 6.07) is 19.2. The Bertz CT molecular complexity index is 1110. The molecule has 2 aromatic carbocycles. The molecule has 3 aromatic rings. The highest BCUT2D eigenvalue weighted by atomic mass is 16.1. The molecule has 2 atom stereocenters. The number of nitrogens with zero attached hydrogens (tertiary/aromatic N) is 3. The largest absolute Gasteiger partial charge is 0.355 e. The number of hydrogen-bond donors (Lipinski definition) is 1. The third-order valence-electron chi connectivity index (χ3n) is 6.91. The van der Waals surface area contributed by atoms with E-state index in [-0.39, 0.29) is 5.91 Å². The van der Waals surface area contributed by atoms with Crippen LogP contribution in [0.2, 0.25) is 0 Å². The quantitative estimate of drug-likeness (QED) is 0.662. The number of benzene rings is 2. The molecule has 3 heterocycles. The Morgan fingerprint density at radius 1 is 1.03 bits per heavy atom. The molecular formula is C26H30N4O. The minimum atomic E-state index is -0.0984. The molecule has 5 nitrogen and oxygen atoms in total. The van der Waals surface area contributed by atoms with Crippen LogP contribution in [0.3, 0.4) is 0 Å². The number of anilines is 2. The van der Waals surface area contributed by atoms with Crippen molar-refractivity contribution in [3.63, 3.8) is 0 Å². The van der Waals surface area contributed by atoms with Crippen molar-refractivity contribution in [3.8, 4) is 0 Å². The fraction of sp³-hybridized carbons (Fsp3) is 0.385. The molecule has 5 heteroatoms. The zero-order valence-electron chi connectivity index (χ0n) is 18.3. The van der Waals surface area contributed by atoms with E-state index >= 15 is 0 Å². The third kappa shape index (κ3) is 3.90. The molecule has 5 rings (SSSR count). The van der Waals surface area contributed by atoms with Crippen LogP contribution in [0.15, 0.2) is 54.6 Å². The van der Waals surface area contributed by atoms with E-state index in [4.69, 9.17) is 4.98 Å². The topological polar surface area (TPSA) is 48.5 Å². The van der Waals surface area contributed by atoms with Crippen LogP contribution in [0, 0.1) is 6.92 Å². The van der Waals surface area contributed by atoms with Gasteiger partial charge in [0.1, 0.15) is 5.82 Å². The van der Waals surface area contributed by atoms with Crippen molar-refractivity contribution in [1.29, 1.82) is 0 Å². The van der Waals surface area contributed by atoms with Gasteiger partial charge in [-0.3, -0.25) is 9.69 Å². The lowest BCUT2D eigenvalue weighted by Gasteiger charge is -2.28. The molecule has 0 aliphatic carbocycles. The van der Waals surface area contributed by atoms with E-state index in [1.165, 1.54) is 25.8 Å². The highest BCUT2D eigenvalue weighted by molar-refractivity contribution is 6.13. The number of rotatable bonds is 4. The number of likely N-dealkylation sites (tertiary alicyclic amines) is 1. The number of pyridine rings is 1. The molecule has 0 radical (unpaired) electrons. The first-order valence-corrected chi connectivity index (χ1v) is 11.4. The van der Waals surface area contributed by atoms with E-state index in [1.807, 2.05) is 61.5 Å². The average Bonchev–Trinajstić information content (AvgIpc) is 3.43. The molecular weight excluding hydrogens is 384 g/mol. The second-order valence-corrected chi connectivity index (χ2v) is 8.90. The molecule has 0 bridgehead atoms. The number of nitrogens with one attached hydrogen (secondary N) is 1. The van der Waals surface area contributed by atoms with Crippen LogP contribution in [0.5, 0.6) is 0 Å².